The Balaban J connectivity index is 1.08. The van der Waals surface area contributed by atoms with E-state index in [1.807, 2.05) is 36.4 Å². The summed E-state index contributed by atoms with van der Waals surface area (Å²) in [6.45, 7) is 0.296. The lowest BCUT2D eigenvalue weighted by molar-refractivity contribution is -0.144. The number of thiophene rings is 1. The molecular formula is C31H31F3N6O5S2. The van der Waals surface area contributed by atoms with E-state index in [1.165, 1.54) is 21.9 Å². The Morgan fingerprint density at radius 1 is 1.00 bits per heavy atom. The molecule has 0 saturated carbocycles. The average Bonchev–Trinajstić information content (AvgIpc) is 3.79. The lowest BCUT2D eigenvalue weighted by Crippen LogP contribution is -2.55. The van der Waals surface area contributed by atoms with Gasteiger partial charge in [-0.3, -0.25) is 19.1 Å². The van der Waals surface area contributed by atoms with Crippen molar-refractivity contribution >= 4 is 55.5 Å². The van der Waals surface area contributed by atoms with E-state index in [4.69, 9.17) is 0 Å². The van der Waals surface area contributed by atoms with Crippen LogP contribution in [0.3, 0.4) is 0 Å². The third-order valence-corrected chi connectivity index (χ3v) is 11.4. The summed E-state index contributed by atoms with van der Waals surface area (Å²) in [5.41, 5.74) is -0.397. The highest BCUT2D eigenvalue weighted by Gasteiger charge is 2.39. The van der Waals surface area contributed by atoms with Crippen LogP contribution in [0.1, 0.15) is 31.4 Å². The Morgan fingerprint density at radius 3 is 2.49 bits per heavy atom. The molecule has 0 radical (unpaired) electrons. The molecule has 2 fully saturated rings. The van der Waals surface area contributed by atoms with Crippen LogP contribution in [-0.2, 0) is 37.6 Å². The van der Waals surface area contributed by atoms with Gasteiger partial charge in [0.25, 0.3) is 10.0 Å². The normalized spacial score (nSPS) is 19.0. The predicted octanol–water partition coefficient (Wildman–Crippen LogP) is 4.22. The number of sulfonamides is 1. The predicted molar refractivity (Wildman–Crippen MR) is 169 cm³/mol. The summed E-state index contributed by atoms with van der Waals surface area (Å²) in [5.74, 6) is -1.30. The topological polar surface area (TPSA) is 134 Å². The van der Waals surface area contributed by atoms with E-state index in [9.17, 15) is 36.0 Å². The number of carbonyl (C=O) groups is 3. The fraction of sp³-hybridized carbons (Fsp3) is 0.355. The Kier molecular flexibility index (Phi) is 8.84. The number of nitrogens with one attached hydrogen (secondary N) is 2. The van der Waals surface area contributed by atoms with E-state index < -0.39 is 45.8 Å². The summed E-state index contributed by atoms with van der Waals surface area (Å²) in [6, 6.07) is 14.9. The first-order valence-corrected chi connectivity index (χ1v) is 17.2. The number of benzene rings is 2. The molecule has 0 aliphatic carbocycles. The number of hydrogen-bond acceptors (Lipinski definition) is 7. The Morgan fingerprint density at radius 2 is 1.74 bits per heavy atom. The summed E-state index contributed by atoms with van der Waals surface area (Å²) < 4.78 is 68.9. The number of hydrogen-bond donors (Lipinski definition) is 2. The minimum Gasteiger partial charge on any atom is -0.332 e. The maximum absolute atomic E-state index is 13.4. The Bertz CT molecular complexity index is 1960. The SMILES string of the molecule is Cn1nc(-c2ccc(S(=O)(=O)N[C@H]3CCCN(CC(=O)N4CCC[C@H]4C(=O)Nc4ccc5ccccc5c4)C3=O)s2)cc1C(F)(F)F. The fourth-order valence-electron chi connectivity index (χ4n) is 5.99. The molecule has 2 aromatic carbocycles. The molecule has 0 bridgehead atoms. The summed E-state index contributed by atoms with van der Waals surface area (Å²) in [6.07, 6.45) is -2.89. The lowest BCUT2D eigenvalue weighted by atomic mass is 10.1. The van der Waals surface area contributed by atoms with Crippen LogP contribution in [0.5, 0.6) is 0 Å². The molecule has 2 N–H and O–H groups in total. The van der Waals surface area contributed by atoms with Crippen LogP contribution in [0.15, 0.2) is 64.9 Å². The molecule has 2 saturated heterocycles. The van der Waals surface area contributed by atoms with Gasteiger partial charge >= 0.3 is 6.18 Å². The smallest absolute Gasteiger partial charge is 0.332 e. The van der Waals surface area contributed by atoms with Crippen molar-refractivity contribution in [1.82, 2.24) is 24.3 Å². The highest BCUT2D eigenvalue weighted by atomic mass is 32.2. The first-order valence-electron chi connectivity index (χ1n) is 14.9. The average molecular weight is 689 g/mol. The summed E-state index contributed by atoms with van der Waals surface area (Å²) in [7, 11) is -3.08. The number of halogens is 3. The van der Waals surface area contributed by atoms with Crippen molar-refractivity contribution in [3.8, 4) is 10.6 Å². The molecule has 2 atom stereocenters. The van der Waals surface area contributed by atoms with Crippen molar-refractivity contribution in [2.45, 2.75) is 48.2 Å². The molecular weight excluding hydrogens is 658 g/mol. The summed E-state index contributed by atoms with van der Waals surface area (Å²) in [5, 5.41) is 8.75. The minimum absolute atomic E-state index is 0.0316. The molecule has 4 aromatic rings. The van der Waals surface area contributed by atoms with Crippen LogP contribution in [0.25, 0.3) is 21.3 Å². The molecule has 2 aliphatic rings. The zero-order chi connectivity index (χ0) is 33.5. The second-order valence-electron chi connectivity index (χ2n) is 11.5. The van der Waals surface area contributed by atoms with Crippen molar-refractivity contribution in [1.29, 1.82) is 0 Å². The molecule has 47 heavy (non-hydrogen) atoms. The molecule has 2 aliphatic heterocycles. The zero-order valence-electron chi connectivity index (χ0n) is 25.2. The lowest BCUT2D eigenvalue weighted by Gasteiger charge is -2.33. The van der Waals surface area contributed by atoms with Gasteiger partial charge in [0.1, 0.15) is 27.7 Å². The van der Waals surface area contributed by atoms with Gasteiger partial charge in [-0.05, 0) is 66.8 Å². The van der Waals surface area contributed by atoms with Gasteiger partial charge < -0.3 is 15.1 Å². The first kappa shape index (κ1) is 32.7. The van der Waals surface area contributed by atoms with E-state index in [0.29, 0.717) is 36.2 Å². The summed E-state index contributed by atoms with van der Waals surface area (Å²) >= 11 is 0.730. The molecule has 16 heteroatoms. The molecule has 6 rings (SSSR count). The molecule has 2 aromatic heterocycles. The van der Waals surface area contributed by atoms with Gasteiger partial charge in [-0.2, -0.15) is 23.0 Å². The number of piperidine rings is 1. The van der Waals surface area contributed by atoms with Crippen molar-refractivity contribution in [3.05, 3.63) is 66.4 Å². The monoisotopic (exact) mass is 688 g/mol. The van der Waals surface area contributed by atoms with Crippen LogP contribution < -0.4 is 10.0 Å². The number of amides is 3. The maximum Gasteiger partial charge on any atom is 0.433 e. The highest BCUT2D eigenvalue weighted by Crippen LogP contribution is 2.35. The quantitative estimate of drug-likeness (QED) is 0.285. The van der Waals surface area contributed by atoms with E-state index in [1.54, 1.807) is 6.07 Å². The fourth-order valence-corrected chi connectivity index (χ4v) is 8.49. The van der Waals surface area contributed by atoms with Crippen molar-refractivity contribution in [2.24, 2.45) is 7.05 Å². The standard InChI is InChI=1S/C31H31F3N6O5S2/c1-38-26(31(32,33)34)17-23(36-38)25-12-13-28(46-25)47(44,45)37-22-8-4-14-39(30(22)43)18-27(41)40-15-5-9-24(40)29(42)35-21-11-10-19-6-2-3-7-20(19)16-21/h2-3,6-7,10-13,16-17,22,24,37H,4-5,8-9,14-15,18H2,1H3,(H,35,42)/t22-,24-/m0/s1. The number of aryl methyl sites for hydroxylation is 1. The van der Waals surface area contributed by atoms with Crippen LogP contribution in [0.4, 0.5) is 18.9 Å². The zero-order valence-corrected chi connectivity index (χ0v) is 26.8. The van der Waals surface area contributed by atoms with Gasteiger partial charge in [0, 0.05) is 25.8 Å². The number of anilines is 1. The first-order chi connectivity index (χ1) is 22.3. The van der Waals surface area contributed by atoms with Crippen LogP contribution in [0, 0.1) is 0 Å². The molecule has 0 unspecified atom stereocenters. The largest absolute Gasteiger partial charge is 0.433 e. The van der Waals surface area contributed by atoms with E-state index >= 15 is 0 Å². The number of nitrogens with zero attached hydrogens (tertiary/aromatic N) is 4. The number of carbonyl (C=O) groups excluding carboxylic acids is 3. The second kappa shape index (κ2) is 12.7. The minimum atomic E-state index is -4.62. The number of alkyl halides is 3. The van der Waals surface area contributed by atoms with Gasteiger partial charge in [-0.15, -0.1) is 11.3 Å². The third-order valence-electron chi connectivity index (χ3n) is 8.32. The third kappa shape index (κ3) is 6.89. The van der Waals surface area contributed by atoms with Crippen molar-refractivity contribution in [2.75, 3.05) is 25.0 Å². The molecule has 0 spiro atoms. The van der Waals surface area contributed by atoms with Crippen molar-refractivity contribution in [3.63, 3.8) is 0 Å². The van der Waals surface area contributed by atoms with Gasteiger partial charge in [0.05, 0.1) is 11.4 Å². The van der Waals surface area contributed by atoms with Crippen molar-refractivity contribution < 1.29 is 36.0 Å². The molecule has 11 nitrogen and oxygen atoms in total. The molecule has 248 valence electrons. The maximum atomic E-state index is 13.4. The van der Waals surface area contributed by atoms with E-state index in [-0.39, 0.29) is 40.2 Å². The van der Waals surface area contributed by atoms with E-state index in [0.717, 1.165) is 35.2 Å². The summed E-state index contributed by atoms with van der Waals surface area (Å²) in [4.78, 5) is 42.9. The number of aromatic nitrogens is 2. The van der Waals surface area contributed by atoms with Gasteiger partial charge in [-0.25, -0.2) is 8.42 Å². The van der Waals surface area contributed by atoms with E-state index in [2.05, 4.69) is 15.1 Å². The Hall–Kier alpha value is -4.28. The number of likely N-dealkylation sites (tertiary alicyclic amines) is 2. The molecule has 4 heterocycles. The van der Waals surface area contributed by atoms with Crippen LogP contribution in [0.2, 0.25) is 0 Å². The second-order valence-corrected chi connectivity index (χ2v) is 14.6. The number of fused-ring (bicyclic) bond motifs is 1. The highest BCUT2D eigenvalue weighted by molar-refractivity contribution is 7.91. The Labute approximate surface area is 272 Å². The molecule has 3 amide bonds. The van der Waals surface area contributed by atoms with Gasteiger partial charge in [-0.1, -0.05) is 30.3 Å². The van der Waals surface area contributed by atoms with Gasteiger partial charge in [0.15, 0.2) is 0 Å². The van der Waals surface area contributed by atoms with Crippen LogP contribution >= 0.6 is 11.3 Å². The van der Waals surface area contributed by atoms with Crippen LogP contribution in [-0.4, -0.2) is 77.4 Å². The number of rotatable bonds is 8. The van der Waals surface area contributed by atoms with Gasteiger partial charge in [0.2, 0.25) is 17.7 Å².